The topological polar surface area (TPSA) is 67.8 Å². The van der Waals surface area contributed by atoms with Gasteiger partial charge in [-0.15, -0.1) is 0 Å². The molecule has 0 spiro atoms. The molecule has 0 aromatic carbocycles. The first-order valence-electron chi connectivity index (χ1n) is 4.45. The van der Waals surface area contributed by atoms with Crippen molar-refractivity contribution in [2.24, 2.45) is 0 Å². The number of carboxylic acid groups (broad SMARTS) is 1. The highest BCUT2D eigenvalue weighted by molar-refractivity contribution is 5.73. The molecule has 2 heterocycles. The number of hydrogen-bond donors (Lipinski definition) is 2. The number of carboxylic acids is 1. The van der Waals surface area contributed by atoms with Crippen LogP contribution in [0.15, 0.2) is 0 Å². The van der Waals surface area contributed by atoms with E-state index < -0.39 is 12.0 Å². The third-order valence-electron chi connectivity index (χ3n) is 2.49. The minimum Gasteiger partial charge on any atom is -0.480 e. The largest absolute Gasteiger partial charge is 0.480 e. The zero-order valence-corrected chi connectivity index (χ0v) is 7.23. The molecular weight excluding hydrogens is 174 g/mol. The van der Waals surface area contributed by atoms with E-state index in [0.717, 1.165) is 6.42 Å². The highest BCUT2D eigenvalue weighted by atomic mass is 16.5. The van der Waals surface area contributed by atoms with Crippen LogP contribution in [0.1, 0.15) is 6.42 Å². The molecule has 0 saturated carbocycles. The van der Waals surface area contributed by atoms with Crippen molar-refractivity contribution in [3.63, 3.8) is 0 Å². The first-order valence-corrected chi connectivity index (χ1v) is 4.45. The Morgan fingerprint density at radius 2 is 2.31 bits per heavy atom. The molecule has 2 rings (SSSR count). The number of fused-ring (bicyclic) bond motifs is 1. The fourth-order valence-electron chi connectivity index (χ4n) is 1.74. The fraction of sp³-hybridized carbons (Fsp3) is 0.875. The maximum Gasteiger partial charge on any atom is 0.323 e. The van der Waals surface area contributed by atoms with Gasteiger partial charge in [0, 0.05) is 12.6 Å². The SMILES string of the molecule is O=C(O)C1CO[C@@H]2COCC[C@@H]2N1. The summed E-state index contributed by atoms with van der Waals surface area (Å²) in [6.07, 6.45) is 0.860. The summed E-state index contributed by atoms with van der Waals surface area (Å²) >= 11 is 0. The molecule has 0 amide bonds. The van der Waals surface area contributed by atoms with E-state index in [1.54, 1.807) is 0 Å². The van der Waals surface area contributed by atoms with Crippen molar-refractivity contribution in [2.75, 3.05) is 19.8 Å². The van der Waals surface area contributed by atoms with E-state index >= 15 is 0 Å². The Kier molecular flexibility index (Phi) is 2.48. The lowest BCUT2D eigenvalue weighted by Gasteiger charge is -2.38. The predicted octanol–water partition coefficient (Wildman–Crippen LogP) is -0.783. The minimum absolute atomic E-state index is 0.0318. The smallest absolute Gasteiger partial charge is 0.323 e. The van der Waals surface area contributed by atoms with E-state index in [9.17, 15) is 4.79 Å². The van der Waals surface area contributed by atoms with E-state index in [1.165, 1.54) is 0 Å². The summed E-state index contributed by atoms with van der Waals surface area (Å²) in [4.78, 5) is 10.7. The van der Waals surface area contributed by atoms with Gasteiger partial charge in [-0.2, -0.15) is 0 Å². The Bertz CT molecular complexity index is 208. The molecular formula is C8H13NO4. The first kappa shape index (κ1) is 8.93. The average Bonchev–Trinajstić information content (AvgIpc) is 2.17. The number of rotatable bonds is 1. The van der Waals surface area contributed by atoms with Gasteiger partial charge in [-0.25, -0.2) is 0 Å². The van der Waals surface area contributed by atoms with Crippen LogP contribution in [-0.2, 0) is 14.3 Å². The molecule has 74 valence electrons. The summed E-state index contributed by atoms with van der Waals surface area (Å²) in [6, 6.07) is -0.414. The van der Waals surface area contributed by atoms with Crippen molar-refractivity contribution in [2.45, 2.75) is 24.6 Å². The Labute approximate surface area is 76.0 Å². The second-order valence-corrected chi connectivity index (χ2v) is 3.40. The fourth-order valence-corrected chi connectivity index (χ4v) is 1.74. The van der Waals surface area contributed by atoms with Crippen molar-refractivity contribution in [1.82, 2.24) is 5.32 Å². The Hall–Kier alpha value is -0.650. The molecule has 0 aromatic heterocycles. The van der Waals surface area contributed by atoms with Crippen LogP contribution in [0.3, 0.4) is 0 Å². The molecule has 2 fully saturated rings. The number of ether oxygens (including phenoxy) is 2. The van der Waals surface area contributed by atoms with Crippen molar-refractivity contribution in [3.8, 4) is 0 Å². The molecule has 2 aliphatic heterocycles. The Balaban J connectivity index is 1.95. The van der Waals surface area contributed by atoms with Crippen molar-refractivity contribution < 1.29 is 19.4 Å². The van der Waals surface area contributed by atoms with Gasteiger partial charge >= 0.3 is 5.97 Å². The van der Waals surface area contributed by atoms with Crippen LogP contribution in [0.5, 0.6) is 0 Å². The second kappa shape index (κ2) is 3.61. The highest BCUT2D eigenvalue weighted by Crippen LogP contribution is 2.16. The van der Waals surface area contributed by atoms with Crippen LogP contribution >= 0.6 is 0 Å². The molecule has 3 atom stereocenters. The van der Waals surface area contributed by atoms with E-state index in [-0.39, 0.29) is 18.8 Å². The Morgan fingerprint density at radius 1 is 1.46 bits per heavy atom. The standard InChI is InChI=1S/C8H13NO4/c10-8(11)6-3-13-7-4-12-2-1-5(7)9-6/h5-7,9H,1-4H2,(H,10,11)/t5-,6?,7+/m0/s1. The van der Waals surface area contributed by atoms with Gasteiger partial charge in [0.2, 0.25) is 0 Å². The van der Waals surface area contributed by atoms with Gasteiger partial charge in [-0.1, -0.05) is 0 Å². The highest BCUT2D eigenvalue weighted by Gasteiger charge is 2.35. The molecule has 0 aliphatic carbocycles. The molecule has 0 radical (unpaired) electrons. The monoisotopic (exact) mass is 187 g/mol. The van der Waals surface area contributed by atoms with Gasteiger partial charge in [-0.05, 0) is 6.42 Å². The summed E-state index contributed by atoms with van der Waals surface area (Å²) in [5, 5.41) is 11.8. The Morgan fingerprint density at radius 3 is 3.08 bits per heavy atom. The van der Waals surface area contributed by atoms with Gasteiger partial charge in [0.1, 0.15) is 6.04 Å². The molecule has 13 heavy (non-hydrogen) atoms. The van der Waals surface area contributed by atoms with Crippen molar-refractivity contribution in [3.05, 3.63) is 0 Å². The van der Waals surface area contributed by atoms with Gasteiger partial charge < -0.3 is 14.6 Å². The average molecular weight is 187 g/mol. The minimum atomic E-state index is -0.843. The number of nitrogens with one attached hydrogen (secondary N) is 1. The van der Waals surface area contributed by atoms with E-state index in [2.05, 4.69) is 5.32 Å². The van der Waals surface area contributed by atoms with E-state index in [0.29, 0.717) is 13.2 Å². The van der Waals surface area contributed by atoms with Crippen LogP contribution < -0.4 is 5.32 Å². The van der Waals surface area contributed by atoms with Crippen LogP contribution in [0.4, 0.5) is 0 Å². The van der Waals surface area contributed by atoms with Gasteiger partial charge in [0.25, 0.3) is 0 Å². The number of aliphatic carboxylic acids is 1. The summed E-state index contributed by atoms with van der Waals surface area (Å²) in [6.45, 7) is 1.49. The molecule has 5 nitrogen and oxygen atoms in total. The maximum atomic E-state index is 10.7. The van der Waals surface area contributed by atoms with E-state index in [4.69, 9.17) is 14.6 Å². The summed E-state index contributed by atoms with van der Waals surface area (Å²) in [7, 11) is 0. The number of morpholine rings is 1. The number of hydrogen-bond acceptors (Lipinski definition) is 4. The molecule has 2 N–H and O–H groups in total. The lowest BCUT2D eigenvalue weighted by atomic mass is 10.0. The van der Waals surface area contributed by atoms with Crippen LogP contribution in [0.2, 0.25) is 0 Å². The first-order chi connectivity index (χ1) is 6.27. The lowest BCUT2D eigenvalue weighted by molar-refractivity contribution is -0.151. The zero-order chi connectivity index (χ0) is 9.26. The third kappa shape index (κ3) is 1.82. The summed E-state index contributed by atoms with van der Waals surface area (Å²) in [5.41, 5.74) is 0. The summed E-state index contributed by atoms with van der Waals surface area (Å²) in [5.74, 6) is -0.843. The van der Waals surface area contributed by atoms with E-state index in [1.807, 2.05) is 0 Å². The molecule has 2 saturated heterocycles. The van der Waals surface area contributed by atoms with Crippen molar-refractivity contribution >= 4 is 5.97 Å². The quantitative estimate of drug-likeness (QED) is 0.563. The van der Waals surface area contributed by atoms with Crippen LogP contribution in [0.25, 0.3) is 0 Å². The van der Waals surface area contributed by atoms with Gasteiger partial charge in [-0.3, -0.25) is 10.1 Å². The lowest BCUT2D eigenvalue weighted by Crippen LogP contribution is -2.60. The second-order valence-electron chi connectivity index (χ2n) is 3.40. The van der Waals surface area contributed by atoms with Crippen LogP contribution in [0, 0.1) is 0 Å². The van der Waals surface area contributed by atoms with Gasteiger partial charge in [0.05, 0.1) is 19.3 Å². The maximum absolute atomic E-state index is 10.7. The normalized spacial score (nSPS) is 39.5. The third-order valence-corrected chi connectivity index (χ3v) is 2.49. The molecule has 0 aromatic rings. The number of carbonyl (C=O) groups is 1. The molecule has 0 bridgehead atoms. The zero-order valence-electron chi connectivity index (χ0n) is 7.23. The molecule has 1 unspecified atom stereocenters. The predicted molar refractivity (Wildman–Crippen MR) is 43.5 cm³/mol. The molecule has 5 heteroatoms. The van der Waals surface area contributed by atoms with Crippen molar-refractivity contribution in [1.29, 1.82) is 0 Å². The molecule has 2 aliphatic rings. The van der Waals surface area contributed by atoms with Crippen LogP contribution in [-0.4, -0.2) is 49.1 Å². The van der Waals surface area contributed by atoms with Gasteiger partial charge in [0.15, 0.2) is 0 Å². The summed E-state index contributed by atoms with van der Waals surface area (Å²) < 4.78 is 10.6.